The standard InChI is InChI=1S/C51H60N14O7S/c1-27(30-12-14-31(15-13-30)44-28(2)55-26-73-44)56-48(69)38-21-34(66)24-65(38)50(71)45(51(3,4)5)60-41(67)20-29-18-33(19-29)57-47(68)32-16-17-39(53-23-32)59-40-22-37(42(62-61-40)49(70)52-6)58-36-11-9-10-35(43(36)72-8)46-54-25-64(7)63-46/h9-17,22-23,25-27,29,33-34,38,45,66H,18-21,24H2,1-8H3,(H,52,70)(H,56,69)(H,57,68)(H,60,67)(H2,53,58,59,61)/t27-,29?,33?,34+,38-,45+/m0/s1. The molecule has 4 atom stereocenters. The fourth-order valence-electron chi connectivity index (χ4n) is 8.99. The summed E-state index contributed by atoms with van der Waals surface area (Å²) in [6.45, 7) is 9.34. The van der Waals surface area contributed by atoms with Crippen molar-refractivity contribution in [2.45, 2.75) is 90.6 Å². The Balaban J connectivity index is 0.826. The summed E-state index contributed by atoms with van der Waals surface area (Å²) in [6, 6.07) is 15.7. The van der Waals surface area contributed by atoms with Crippen LogP contribution >= 0.6 is 11.3 Å². The van der Waals surface area contributed by atoms with Crippen molar-refractivity contribution in [2.75, 3.05) is 31.3 Å². The highest BCUT2D eigenvalue weighted by Gasteiger charge is 2.45. The number of para-hydroxylation sites is 1. The van der Waals surface area contributed by atoms with Crippen molar-refractivity contribution in [2.24, 2.45) is 18.4 Å². The minimum Gasteiger partial charge on any atom is -0.494 e. The van der Waals surface area contributed by atoms with Crippen LogP contribution in [0, 0.1) is 18.3 Å². The van der Waals surface area contributed by atoms with E-state index in [-0.39, 0.29) is 66.6 Å². The summed E-state index contributed by atoms with van der Waals surface area (Å²) in [5.41, 5.74) is 5.80. The quantitative estimate of drug-likeness (QED) is 0.0617. The molecule has 8 rings (SSSR count). The van der Waals surface area contributed by atoms with E-state index in [0.29, 0.717) is 52.7 Å². The van der Waals surface area contributed by atoms with Gasteiger partial charge in [0, 0.05) is 51.8 Å². The fourth-order valence-corrected chi connectivity index (χ4v) is 9.80. The summed E-state index contributed by atoms with van der Waals surface area (Å²) >= 11 is 1.57. The smallest absolute Gasteiger partial charge is 0.273 e. The van der Waals surface area contributed by atoms with Crippen LogP contribution < -0.4 is 36.6 Å². The molecular weight excluding hydrogens is 953 g/mol. The second-order valence-electron chi connectivity index (χ2n) is 19.5. The van der Waals surface area contributed by atoms with Gasteiger partial charge in [-0.2, -0.15) is 5.10 Å². The number of aliphatic hydroxyl groups excluding tert-OH is 1. The largest absolute Gasteiger partial charge is 0.494 e. The predicted molar refractivity (Wildman–Crippen MR) is 274 cm³/mol. The molecule has 5 amide bonds. The molecule has 0 radical (unpaired) electrons. The number of ether oxygens (including phenoxy) is 1. The lowest BCUT2D eigenvalue weighted by Gasteiger charge is -2.38. The Morgan fingerprint density at radius 1 is 0.904 bits per heavy atom. The Kier molecular flexibility index (Phi) is 15.4. The Morgan fingerprint density at radius 2 is 1.67 bits per heavy atom. The highest BCUT2D eigenvalue weighted by atomic mass is 32.1. The summed E-state index contributed by atoms with van der Waals surface area (Å²) in [4.78, 5) is 83.2. The number of rotatable bonds is 17. The molecule has 1 saturated heterocycles. The first kappa shape index (κ1) is 51.5. The Labute approximate surface area is 426 Å². The summed E-state index contributed by atoms with van der Waals surface area (Å²) in [6.07, 6.45) is 3.46. The molecule has 0 spiro atoms. The second-order valence-corrected chi connectivity index (χ2v) is 20.3. The number of aromatic nitrogens is 7. The van der Waals surface area contributed by atoms with Gasteiger partial charge in [-0.15, -0.1) is 21.5 Å². The third-order valence-corrected chi connectivity index (χ3v) is 13.9. The number of thiazole rings is 1. The lowest BCUT2D eigenvalue weighted by Crippen LogP contribution is -2.58. The number of amides is 5. The molecule has 0 unspecified atom stereocenters. The summed E-state index contributed by atoms with van der Waals surface area (Å²) < 4.78 is 7.32. The van der Waals surface area contributed by atoms with Crippen LogP contribution in [0.25, 0.3) is 21.8 Å². The molecule has 1 aliphatic carbocycles. The number of carbonyl (C=O) groups is 5. The number of methoxy groups -OCH3 is 1. The van der Waals surface area contributed by atoms with E-state index in [9.17, 15) is 29.1 Å². The van der Waals surface area contributed by atoms with Crippen molar-refractivity contribution in [3.8, 4) is 27.6 Å². The van der Waals surface area contributed by atoms with Crippen LogP contribution in [-0.2, 0) is 21.4 Å². The Morgan fingerprint density at radius 3 is 2.32 bits per heavy atom. The van der Waals surface area contributed by atoms with Crippen LogP contribution in [0.5, 0.6) is 5.75 Å². The van der Waals surface area contributed by atoms with E-state index in [4.69, 9.17) is 4.74 Å². The summed E-state index contributed by atoms with van der Waals surface area (Å²) in [7, 11) is 4.78. The van der Waals surface area contributed by atoms with Gasteiger partial charge in [0.15, 0.2) is 23.1 Å². The number of benzene rings is 2. The normalized spacial score (nSPS) is 18.2. The zero-order chi connectivity index (χ0) is 52.1. The van der Waals surface area contributed by atoms with Gasteiger partial charge in [-0.05, 0) is 73.4 Å². The topological polar surface area (TPSA) is 272 Å². The van der Waals surface area contributed by atoms with Gasteiger partial charge in [0.05, 0.1) is 57.8 Å². The summed E-state index contributed by atoms with van der Waals surface area (Å²) in [5, 5.41) is 41.3. The monoisotopic (exact) mass is 1010 g/mol. The molecule has 73 heavy (non-hydrogen) atoms. The van der Waals surface area contributed by atoms with Gasteiger partial charge >= 0.3 is 0 Å². The van der Waals surface area contributed by atoms with Crippen molar-refractivity contribution < 1.29 is 33.8 Å². The molecule has 22 heteroatoms. The van der Waals surface area contributed by atoms with E-state index < -0.39 is 35.4 Å². The molecule has 5 heterocycles. The molecule has 2 aromatic carbocycles. The van der Waals surface area contributed by atoms with Crippen LogP contribution in [-0.4, -0.2) is 119 Å². The number of carbonyl (C=O) groups excluding carboxylic acids is 5. The van der Waals surface area contributed by atoms with Crippen molar-refractivity contribution in [3.05, 3.63) is 101 Å². The van der Waals surface area contributed by atoms with Crippen molar-refractivity contribution in [1.29, 1.82) is 0 Å². The zero-order valence-corrected chi connectivity index (χ0v) is 42.7. The van der Waals surface area contributed by atoms with Gasteiger partial charge in [-0.3, -0.25) is 28.7 Å². The molecule has 4 aromatic heterocycles. The average molecular weight is 1010 g/mol. The SMILES string of the molecule is CNC(=O)c1nnc(Nc2ccc(C(=O)NC3CC(CC(=O)N[C@H](C(=O)N4C[C@H](O)C[C@H]4C(=O)N[C@@H](C)c4ccc(-c5scnc5C)cc4)C(C)(C)C)C3)cn2)cc1Nc1cccc(-c2ncn(C)n2)c1OC. The first-order valence-corrected chi connectivity index (χ1v) is 24.8. The van der Waals surface area contributed by atoms with Crippen LogP contribution in [0.4, 0.5) is 23.0 Å². The van der Waals surface area contributed by atoms with Crippen LogP contribution in [0.15, 0.2) is 78.7 Å². The van der Waals surface area contributed by atoms with E-state index in [1.165, 1.54) is 25.3 Å². The molecule has 1 aliphatic heterocycles. The van der Waals surface area contributed by atoms with Gasteiger partial charge in [0.25, 0.3) is 11.8 Å². The first-order chi connectivity index (χ1) is 34.9. The van der Waals surface area contributed by atoms with Crippen molar-refractivity contribution in [1.82, 2.24) is 61.1 Å². The second kappa shape index (κ2) is 21.9. The third-order valence-electron chi connectivity index (χ3n) is 13.0. The number of anilines is 4. The van der Waals surface area contributed by atoms with Gasteiger partial charge < -0.3 is 46.6 Å². The fraction of sp³-hybridized carbons (Fsp3) is 0.392. The molecule has 21 nitrogen and oxygen atoms in total. The number of likely N-dealkylation sites (tertiary alicyclic amines) is 1. The van der Waals surface area contributed by atoms with E-state index in [1.807, 2.05) is 70.5 Å². The number of nitrogens with zero attached hydrogens (tertiary/aromatic N) is 8. The Bertz CT molecular complexity index is 2990. The highest BCUT2D eigenvalue weighted by Crippen LogP contribution is 2.38. The molecular formula is C51H60N14O7S. The zero-order valence-electron chi connectivity index (χ0n) is 41.9. The molecule has 382 valence electrons. The van der Waals surface area contributed by atoms with Crippen molar-refractivity contribution in [3.63, 3.8) is 0 Å². The predicted octanol–water partition coefficient (Wildman–Crippen LogP) is 5.22. The van der Waals surface area contributed by atoms with Crippen LogP contribution in [0.1, 0.15) is 91.5 Å². The van der Waals surface area contributed by atoms with E-state index in [2.05, 4.69) is 62.1 Å². The lowest BCUT2D eigenvalue weighted by atomic mass is 9.77. The number of β-amino-alcohol motifs (C(OH)–C–C–N with tert-alkyl or cyclic N) is 1. The van der Waals surface area contributed by atoms with Crippen LogP contribution in [0.2, 0.25) is 0 Å². The van der Waals surface area contributed by atoms with Gasteiger partial charge in [0.2, 0.25) is 17.7 Å². The number of aryl methyl sites for hydroxylation is 2. The number of nitrogens with one attached hydrogen (secondary N) is 6. The molecule has 7 N–H and O–H groups in total. The van der Waals surface area contributed by atoms with Crippen LogP contribution in [0.3, 0.4) is 0 Å². The maximum atomic E-state index is 14.2. The number of hydrogen-bond acceptors (Lipinski definition) is 16. The molecule has 2 fully saturated rings. The number of aliphatic hydroxyl groups is 1. The van der Waals surface area contributed by atoms with E-state index in [0.717, 1.165) is 21.7 Å². The van der Waals surface area contributed by atoms with Gasteiger partial charge in [0.1, 0.15) is 24.2 Å². The van der Waals surface area contributed by atoms with Gasteiger partial charge in [-0.1, -0.05) is 51.1 Å². The molecule has 2 aliphatic rings. The van der Waals surface area contributed by atoms with E-state index >= 15 is 0 Å². The maximum Gasteiger partial charge on any atom is 0.273 e. The average Bonchev–Trinajstić information content (AvgIpc) is 4.11. The highest BCUT2D eigenvalue weighted by molar-refractivity contribution is 7.13. The van der Waals surface area contributed by atoms with Crippen molar-refractivity contribution >= 4 is 63.9 Å². The molecule has 0 bridgehead atoms. The third kappa shape index (κ3) is 11.9. The minimum absolute atomic E-state index is 0.0296. The lowest BCUT2D eigenvalue weighted by molar-refractivity contribution is -0.144. The molecule has 6 aromatic rings. The minimum atomic E-state index is -0.961. The first-order valence-electron chi connectivity index (χ1n) is 23.9. The van der Waals surface area contributed by atoms with E-state index in [1.54, 1.807) is 59.7 Å². The number of hydrogen-bond donors (Lipinski definition) is 7. The number of pyridine rings is 1. The van der Waals surface area contributed by atoms with Gasteiger partial charge in [-0.25, -0.2) is 15.0 Å². The summed E-state index contributed by atoms with van der Waals surface area (Å²) in [5.74, 6) is -0.430. The molecule has 1 saturated carbocycles. The maximum absolute atomic E-state index is 14.2. The Hall–Kier alpha value is -7.85.